The van der Waals surface area contributed by atoms with Crippen molar-refractivity contribution in [3.8, 4) is 5.75 Å². The summed E-state index contributed by atoms with van der Waals surface area (Å²) in [7, 11) is 0. The van der Waals surface area contributed by atoms with Gasteiger partial charge in [0.2, 0.25) is 0 Å². The second kappa shape index (κ2) is 6.57. The Kier molecular flexibility index (Phi) is 5.02. The zero-order valence-electron chi connectivity index (χ0n) is 10.7. The number of halogens is 3. The molecule has 0 bridgehead atoms. The number of aliphatic hydroxyl groups is 1. The van der Waals surface area contributed by atoms with Gasteiger partial charge >= 0.3 is 0 Å². The maximum absolute atomic E-state index is 13.1. The van der Waals surface area contributed by atoms with Crippen LogP contribution in [0, 0.1) is 5.82 Å². The van der Waals surface area contributed by atoms with Crippen LogP contribution in [0.2, 0.25) is 5.02 Å². The Morgan fingerprint density at radius 2 is 2.00 bits per heavy atom. The molecule has 2 aromatic carbocycles. The third-order valence-electron chi connectivity index (χ3n) is 2.82. The summed E-state index contributed by atoms with van der Waals surface area (Å²) < 4.78 is 19.4. The molecule has 0 aromatic heterocycles. The van der Waals surface area contributed by atoms with Gasteiger partial charge in [0.1, 0.15) is 17.7 Å². The van der Waals surface area contributed by atoms with Gasteiger partial charge in [-0.25, -0.2) is 4.39 Å². The molecule has 0 saturated carbocycles. The highest BCUT2D eigenvalue weighted by molar-refractivity contribution is 9.10. The van der Waals surface area contributed by atoms with Crippen LogP contribution >= 0.6 is 27.5 Å². The number of benzene rings is 2. The molecule has 2 nitrogen and oxygen atoms in total. The summed E-state index contributed by atoms with van der Waals surface area (Å²) in [5, 5.41) is 10.7. The van der Waals surface area contributed by atoms with E-state index in [1.165, 1.54) is 18.2 Å². The highest BCUT2D eigenvalue weighted by Gasteiger charge is 2.19. The van der Waals surface area contributed by atoms with E-state index in [0.29, 0.717) is 23.5 Å². The fraction of sp³-hybridized carbons (Fsp3) is 0.200. The predicted molar refractivity (Wildman–Crippen MR) is 80.8 cm³/mol. The quantitative estimate of drug-likeness (QED) is 0.856. The molecule has 2 rings (SSSR count). The second-order valence-corrected chi connectivity index (χ2v) is 5.51. The third kappa shape index (κ3) is 3.32. The molecule has 1 unspecified atom stereocenters. The SMILES string of the molecule is CCOc1ccc(Br)cc1C(O)c1ccc(F)cc1Cl. The molecule has 0 amide bonds. The van der Waals surface area contributed by atoms with Gasteiger partial charge in [-0.15, -0.1) is 0 Å². The molecule has 1 N–H and O–H groups in total. The Labute approximate surface area is 130 Å². The van der Waals surface area contributed by atoms with E-state index in [1.54, 1.807) is 12.1 Å². The lowest BCUT2D eigenvalue weighted by Crippen LogP contribution is -2.05. The van der Waals surface area contributed by atoms with Gasteiger partial charge in [0.05, 0.1) is 6.61 Å². The molecule has 0 saturated heterocycles. The van der Waals surface area contributed by atoms with Crippen molar-refractivity contribution in [2.24, 2.45) is 0 Å². The van der Waals surface area contributed by atoms with E-state index in [9.17, 15) is 9.50 Å². The van der Waals surface area contributed by atoms with Gasteiger partial charge in [-0.05, 0) is 37.3 Å². The van der Waals surface area contributed by atoms with E-state index in [0.717, 1.165) is 4.47 Å². The Morgan fingerprint density at radius 3 is 2.65 bits per heavy atom. The molecule has 0 fully saturated rings. The molecule has 20 heavy (non-hydrogen) atoms. The van der Waals surface area contributed by atoms with Crippen LogP contribution in [0.3, 0.4) is 0 Å². The van der Waals surface area contributed by atoms with Crippen molar-refractivity contribution in [2.75, 3.05) is 6.61 Å². The van der Waals surface area contributed by atoms with Crippen molar-refractivity contribution in [3.63, 3.8) is 0 Å². The minimum absolute atomic E-state index is 0.180. The number of hydrogen-bond donors (Lipinski definition) is 1. The first-order valence-corrected chi connectivity index (χ1v) is 7.25. The minimum Gasteiger partial charge on any atom is -0.493 e. The molecule has 0 spiro atoms. The molecule has 0 aliphatic heterocycles. The first-order valence-electron chi connectivity index (χ1n) is 6.08. The molecular weight excluding hydrogens is 347 g/mol. The van der Waals surface area contributed by atoms with Crippen LogP contribution in [-0.2, 0) is 0 Å². The summed E-state index contributed by atoms with van der Waals surface area (Å²) in [4.78, 5) is 0. The van der Waals surface area contributed by atoms with Crippen LogP contribution < -0.4 is 4.74 Å². The van der Waals surface area contributed by atoms with Gasteiger partial charge < -0.3 is 9.84 Å². The highest BCUT2D eigenvalue weighted by atomic mass is 79.9. The Morgan fingerprint density at radius 1 is 1.25 bits per heavy atom. The normalized spacial score (nSPS) is 12.2. The van der Waals surface area contributed by atoms with Gasteiger partial charge in [-0.3, -0.25) is 0 Å². The number of hydrogen-bond acceptors (Lipinski definition) is 2. The number of rotatable bonds is 4. The first kappa shape index (κ1) is 15.3. The molecule has 0 aliphatic rings. The standard InChI is InChI=1S/C15H13BrClFO2/c1-2-20-14-6-3-9(16)7-12(14)15(19)11-5-4-10(18)8-13(11)17/h3-8,15,19H,2H2,1H3. The van der Waals surface area contributed by atoms with Gasteiger partial charge in [0.25, 0.3) is 0 Å². The van der Waals surface area contributed by atoms with E-state index in [1.807, 2.05) is 13.0 Å². The van der Waals surface area contributed by atoms with Gasteiger partial charge in [-0.1, -0.05) is 33.6 Å². The molecule has 0 heterocycles. The Balaban J connectivity index is 2.46. The molecule has 106 valence electrons. The maximum atomic E-state index is 13.1. The zero-order valence-corrected chi connectivity index (χ0v) is 13.1. The molecular formula is C15H13BrClFO2. The fourth-order valence-electron chi connectivity index (χ4n) is 1.91. The Bertz CT molecular complexity index is 619. The summed E-state index contributed by atoms with van der Waals surface area (Å²) in [6, 6.07) is 9.27. The molecule has 0 radical (unpaired) electrons. The van der Waals surface area contributed by atoms with E-state index in [2.05, 4.69) is 15.9 Å². The van der Waals surface area contributed by atoms with Crippen LogP contribution in [0.1, 0.15) is 24.2 Å². The lowest BCUT2D eigenvalue weighted by atomic mass is 10.0. The van der Waals surface area contributed by atoms with Crippen molar-refractivity contribution >= 4 is 27.5 Å². The Hall–Kier alpha value is -1.10. The highest BCUT2D eigenvalue weighted by Crippen LogP contribution is 2.35. The average Bonchev–Trinajstić information content (AvgIpc) is 2.40. The van der Waals surface area contributed by atoms with Crippen molar-refractivity contribution in [1.82, 2.24) is 0 Å². The monoisotopic (exact) mass is 358 g/mol. The van der Waals surface area contributed by atoms with Gasteiger partial charge in [-0.2, -0.15) is 0 Å². The van der Waals surface area contributed by atoms with Crippen LogP contribution in [0.15, 0.2) is 40.9 Å². The minimum atomic E-state index is -0.984. The first-order chi connectivity index (χ1) is 9.52. The predicted octanol–water partition coefficient (Wildman–Crippen LogP) is 4.72. The van der Waals surface area contributed by atoms with Crippen LogP contribution in [0.4, 0.5) is 4.39 Å². The van der Waals surface area contributed by atoms with Crippen LogP contribution in [0.25, 0.3) is 0 Å². The zero-order chi connectivity index (χ0) is 14.7. The van der Waals surface area contributed by atoms with Crippen molar-refractivity contribution in [1.29, 1.82) is 0 Å². The average molecular weight is 360 g/mol. The van der Waals surface area contributed by atoms with Gasteiger partial charge in [0.15, 0.2) is 0 Å². The summed E-state index contributed by atoms with van der Waals surface area (Å²) in [6.07, 6.45) is -0.984. The third-order valence-corrected chi connectivity index (χ3v) is 3.64. The molecule has 0 aliphatic carbocycles. The fourth-order valence-corrected chi connectivity index (χ4v) is 2.56. The van der Waals surface area contributed by atoms with E-state index >= 15 is 0 Å². The van der Waals surface area contributed by atoms with E-state index < -0.39 is 11.9 Å². The summed E-state index contributed by atoms with van der Waals surface area (Å²) in [5.74, 6) is 0.133. The maximum Gasteiger partial charge on any atom is 0.125 e. The van der Waals surface area contributed by atoms with Crippen LogP contribution in [-0.4, -0.2) is 11.7 Å². The van der Waals surface area contributed by atoms with Crippen molar-refractivity contribution < 1.29 is 14.2 Å². The second-order valence-electron chi connectivity index (χ2n) is 4.18. The lowest BCUT2D eigenvalue weighted by Gasteiger charge is -2.17. The summed E-state index contributed by atoms with van der Waals surface area (Å²) in [5.41, 5.74) is 1.02. The van der Waals surface area contributed by atoms with Gasteiger partial charge in [0, 0.05) is 20.6 Å². The molecule has 1 atom stereocenters. The van der Waals surface area contributed by atoms with Crippen molar-refractivity contribution in [2.45, 2.75) is 13.0 Å². The largest absolute Gasteiger partial charge is 0.493 e. The summed E-state index contributed by atoms with van der Waals surface area (Å²) in [6.45, 7) is 2.35. The van der Waals surface area contributed by atoms with Crippen molar-refractivity contribution in [3.05, 3.63) is 62.8 Å². The van der Waals surface area contributed by atoms with Crippen LogP contribution in [0.5, 0.6) is 5.75 Å². The van der Waals surface area contributed by atoms with E-state index in [4.69, 9.17) is 16.3 Å². The number of aliphatic hydroxyl groups excluding tert-OH is 1. The molecule has 5 heteroatoms. The number of ether oxygens (including phenoxy) is 1. The molecule has 2 aromatic rings. The smallest absolute Gasteiger partial charge is 0.125 e. The summed E-state index contributed by atoms with van der Waals surface area (Å²) >= 11 is 9.35. The topological polar surface area (TPSA) is 29.5 Å². The van der Waals surface area contributed by atoms with E-state index in [-0.39, 0.29) is 5.02 Å². The lowest BCUT2D eigenvalue weighted by molar-refractivity contribution is 0.212.